The van der Waals surface area contributed by atoms with Crippen LogP contribution in [0.2, 0.25) is 0 Å². The van der Waals surface area contributed by atoms with Crippen LogP contribution < -0.4 is 14.9 Å². The predicted molar refractivity (Wildman–Crippen MR) is 101 cm³/mol. The van der Waals surface area contributed by atoms with Crippen molar-refractivity contribution in [2.24, 2.45) is 5.10 Å². The number of nitrogens with zero attached hydrogens (tertiary/aromatic N) is 2. The van der Waals surface area contributed by atoms with Gasteiger partial charge in [-0.15, -0.1) is 11.3 Å². The lowest BCUT2D eigenvalue weighted by atomic mass is 10.2. The number of methoxy groups -OCH3 is 1. The Balaban J connectivity index is 1.62. The van der Waals surface area contributed by atoms with Crippen molar-refractivity contribution < 1.29 is 14.3 Å². The van der Waals surface area contributed by atoms with E-state index in [9.17, 15) is 4.79 Å². The van der Waals surface area contributed by atoms with Crippen molar-refractivity contribution in [3.05, 3.63) is 76.2 Å². The molecule has 1 aromatic carbocycles. The molecule has 2 aromatic heterocycles. The SMILES string of the molecule is COc1cc(/C=N\NC(=O)c2ccccn2)ccc1OCc1cccs1. The Morgan fingerprint density at radius 3 is 2.88 bits per heavy atom. The van der Waals surface area contributed by atoms with Crippen LogP contribution in [0.25, 0.3) is 0 Å². The normalized spacial score (nSPS) is 10.7. The molecule has 7 heteroatoms. The summed E-state index contributed by atoms with van der Waals surface area (Å²) in [6.07, 6.45) is 3.09. The number of pyridine rings is 1. The third-order valence-corrected chi connectivity index (χ3v) is 4.26. The number of aromatic nitrogens is 1. The zero-order valence-electron chi connectivity index (χ0n) is 14.1. The second-order valence-corrected chi connectivity index (χ2v) is 6.22. The van der Waals surface area contributed by atoms with Gasteiger partial charge in [0.2, 0.25) is 0 Å². The fourth-order valence-corrected chi connectivity index (χ4v) is 2.76. The number of hydrogen-bond acceptors (Lipinski definition) is 6. The number of benzene rings is 1. The smallest absolute Gasteiger partial charge is 0.289 e. The van der Waals surface area contributed by atoms with E-state index in [1.165, 1.54) is 6.21 Å². The van der Waals surface area contributed by atoms with Crippen molar-refractivity contribution in [2.45, 2.75) is 6.61 Å². The molecule has 0 saturated carbocycles. The first kappa shape index (κ1) is 17.6. The van der Waals surface area contributed by atoms with E-state index in [1.807, 2.05) is 29.6 Å². The molecule has 3 rings (SSSR count). The molecule has 0 bridgehead atoms. The Kier molecular flexibility index (Phi) is 5.95. The minimum atomic E-state index is -0.371. The lowest BCUT2D eigenvalue weighted by Crippen LogP contribution is -2.18. The highest BCUT2D eigenvalue weighted by molar-refractivity contribution is 7.09. The molecular weight excluding hydrogens is 350 g/mol. The summed E-state index contributed by atoms with van der Waals surface area (Å²) in [5, 5.41) is 5.96. The molecule has 0 aliphatic heterocycles. The number of hydrazone groups is 1. The van der Waals surface area contributed by atoms with Gasteiger partial charge in [0, 0.05) is 11.1 Å². The van der Waals surface area contributed by atoms with Crippen LogP contribution in [0.3, 0.4) is 0 Å². The monoisotopic (exact) mass is 367 g/mol. The first-order valence-corrected chi connectivity index (χ1v) is 8.72. The van der Waals surface area contributed by atoms with Crippen molar-refractivity contribution >= 4 is 23.5 Å². The number of ether oxygens (including phenoxy) is 2. The third-order valence-electron chi connectivity index (χ3n) is 3.41. The van der Waals surface area contributed by atoms with Crippen LogP contribution in [0, 0.1) is 0 Å². The van der Waals surface area contributed by atoms with E-state index in [0.29, 0.717) is 23.8 Å². The standard InChI is InChI=1S/C19H17N3O3S/c1-24-18-11-14(7-8-17(18)25-13-15-5-4-10-26-15)12-21-22-19(23)16-6-2-3-9-20-16/h2-12H,13H2,1H3,(H,22,23)/b21-12-. The Morgan fingerprint density at radius 1 is 1.23 bits per heavy atom. The molecule has 26 heavy (non-hydrogen) atoms. The molecule has 2 heterocycles. The van der Waals surface area contributed by atoms with Crippen LogP contribution in [-0.4, -0.2) is 24.2 Å². The molecule has 0 atom stereocenters. The van der Waals surface area contributed by atoms with Crippen molar-refractivity contribution in [2.75, 3.05) is 7.11 Å². The summed E-state index contributed by atoms with van der Waals surface area (Å²) >= 11 is 1.64. The van der Waals surface area contributed by atoms with E-state index in [4.69, 9.17) is 9.47 Å². The van der Waals surface area contributed by atoms with E-state index in [1.54, 1.807) is 48.9 Å². The molecule has 0 saturated heterocycles. The summed E-state index contributed by atoms with van der Waals surface area (Å²) < 4.78 is 11.2. The molecule has 0 spiro atoms. The maximum Gasteiger partial charge on any atom is 0.289 e. The highest BCUT2D eigenvalue weighted by Crippen LogP contribution is 2.28. The van der Waals surface area contributed by atoms with Crippen LogP contribution in [0.1, 0.15) is 20.9 Å². The summed E-state index contributed by atoms with van der Waals surface area (Å²) in [5.41, 5.74) is 3.52. The van der Waals surface area contributed by atoms with Gasteiger partial charge in [0.1, 0.15) is 12.3 Å². The highest BCUT2D eigenvalue weighted by atomic mass is 32.1. The molecule has 1 amide bonds. The van der Waals surface area contributed by atoms with Crippen LogP contribution in [-0.2, 0) is 6.61 Å². The molecule has 6 nitrogen and oxygen atoms in total. The fraction of sp³-hybridized carbons (Fsp3) is 0.105. The second-order valence-electron chi connectivity index (χ2n) is 5.19. The van der Waals surface area contributed by atoms with E-state index in [-0.39, 0.29) is 5.91 Å². The van der Waals surface area contributed by atoms with Gasteiger partial charge in [-0.3, -0.25) is 9.78 Å². The van der Waals surface area contributed by atoms with Gasteiger partial charge in [-0.25, -0.2) is 5.43 Å². The minimum absolute atomic E-state index is 0.305. The second kappa shape index (κ2) is 8.77. The zero-order valence-corrected chi connectivity index (χ0v) is 14.9. The van der Waals surface area contributed by atoms with Gasteiger partial charge in [0.15, 0.2) is 11.5 Å². The van der Waals surface area contributed by atoms with E-state index >= 15 is 0 Å². The quantitative estimate of drug-likeness (QED) is 0.512. The molecule has 3 aromatic rings. The average Bonchev–Trinajstić information content (AvgIpc) is 3.21. The Labute approximate surface area is 155 Å². The molecule has 0 aliphatic carbocycles. The number of carbonyl (C=O) groups excluding carboxylic acids is 1. The summed E-state index contributed by atoms with van der Waals surface area (Å²) in [4.78, 5) is 17.0. The molecule has 0 unspecified atom stereocenters. The van der Waals surface area contributed by atoms with Gasteiger partial charge in [0.25, 0.3) is 5.91 Å². The first-order chi connectivity index (χ1) is 12.8. The summed E-state index contributed by atoms with van der Waals surface area (Å²) in [6, 6.07) is 14.5. The van der Waals surface area contributed by atoms with Crippen LogP contribution in [0.4, 0.5) is 0 Å². The number of carbonyl (C=O) groups is 1. The average molecular weight is 367 g/mol. The Bertz CT molecular complexity index is 880. The Hall–Kier alpha value is -3.19. The van der Waals surface area contributed by atoms with Crippen LogP contribution >= 0.6 is 11.3 Å². The summed E-state index contributed by atoms with van der Waals surface area (Å²) in [5.74, 6) is 0.877. The lowest BCUT2D eigenvalue weighted by Gasteiger charge is -2.10. The van der Waals surface area contributed by atoms with Gasteiger partial charge in [-0.2, -0.15) is 5.10 Å². The van der Waals surface area contributed by atoms with Crippen LogP contribution in [0.15, 0.2) is 65.2 Å². The molecular formula is C19H17N3O3S. The lowest BCUT2D eigenvalue weighted by molar-refractivity contribution is 0.0950. The molecule has 132 valence electrons. The van der Waals surface area contributed by atoms with Crippen molar-refractivity contribution in [1.29, 1.82) is 0 Å². The third kappa shape index (κ3) is 4.67. The largest absolute Gasteiger partial charge is 0.493 e. The van der Waals surface area contributed by atoms with Crippen LogP contribution in [0.5, 0.6) is 11.5 Å². The van der Waals surface area contributed by atoms with Crippen molar-refractivity contribution in [3.8, 4) is 11.5 Å². The number of thiophene rings is 1. The summed E-state index contributed by atoms with van der Waals surface area (Å²) in [7, 11) is 1.58. The van der Waals surface area contributed by atoms with Gasteiger partial charge in [-0.05, 0) is 47.3 Å². The number of amides is 1. The number of rotatable bonds is 7. The zero-order chi connectivity index (χ0) is 18.2. The van der Waals surface area contributed by atoms with E-state index < -0.39 is 0 Å². The van der Waals surface area contributed by atoms with Gasteiger partial charge < -0.3 is 9.47 Å². The molecule has 0 fully saturated rings. The predicted octanol–water partition coefficient (Wildman–Crippen LogP) is 3.49. The van der Waals surface area contributed by atoms with Crippen molar-refractivity contribution in [1.82, 2.24) is 10.4 Å². The minimum Gasteiger partial charge on any atom is -0.493 e. The molecule has 0 aliphatic rings. The first-order valence-electron chi connectivity index (χ1n) is 7.84. The topological polar surface area (TPSA) is 72.8 Å². The van der Waals surface area contributed by atoms with E-state index in [2.05, 4.69) is 15.5 Å². The van der Waals surface area contributed by atoms with E-state index in [0.717, 1.165) is 10.4 Å². The fourth-order valence-electron chi connectivity index (χ4n) is 2.15. The maximum absolute atomic E-state index is 11.9. The molecule has 1 N–H and O–H groups in total. The Morgan fingerprint density at radius 2 is 2.15 bits per heavy atom. The van der Waals surface area contributed by atoms with Gasteiger partial charge >= 0.3 is 0 Å². The molecule has 0 radical (unpaired) electrons. The van der Waals surface area contributed by atoms with Crippen molar-refractivity contribution in [3.63, 3.8) is 0 Å². The van der Waals surface area contributed by atoms with Gasteiger partial charge in [0.05, 0.1) is 13.3 Å². The maximum atomic E-state index is 11.9. The van der Waals surface area contributed by atoms with Gasteiger partial charge in [-0.1, -0.05) is 12.1 Å². The summed E-state index contributed by atoms with van der Waals surface area (Å²) in [6.45, 7) is 0.488. The number of nitrogens with one attached hydrogen (secondary N) is 1. The number of hydrogen-bond donors (Lipinski definition) is 1. The highest BCUT2D eigenvalue weighted by Gasteiger charge is 2.07.